The summed E-state index contributed by atoms with van der Waals surface area (Å²) in [5, 5.41) is 0. The first kappa shape index (κ1) is 12.0. The molecule has 2 aromatic rings. The van der Waals surface area contributed by atoms with Crippen LogP contribution in [0.15, 0.2) is 45.9 Å². The quantitative estimate of drug-likeness (QED) is 0.806. The maximum atomic E-state index is 11.8. The van der Waals surface area contributed by atoms with Gasteiger partial charge in [0, 0.05) is 31.9 Å². The van der Waals surface area contributed by atoms with Crippen LogP contribution in [0.3, 0.4) is 0 Å². The van der Waals surface area contributed by atoms with E-state index in [9.17, 15) is 9.59 Å². The highest BCUT2D eigenvalue weighted by molar-refractivity contribution is 5.90. The van der Waals surface area contributed by atoms with Crippen LogP contribution in [-0.2, 0) is 4.79 Å². The molecule has 0 fully saturated rings. The fourth-order valence-corrected chi connectivity index (χ4v) is 1.49. The van der Waals surface area contributed by atoms with Crippen LogP contribution in [-0.4, -0.2) is 17.9 Å². The van der Waals surface area contributed by atoms with Gasteiger partial charge in [-0.15, -0.1) is 0 Å². The lowest BCUT2D eigenvalue weighted by molar-refractivity contribution is -0.116. The Labute approximate surface area is 104 Å². The van der Waals surface area contributed by atoms with E-state index in [0.717, 1.165) is 0 Å². The topological polar surface area (TPSA) is 63.4 Å². The second kappa shape index (κ2) is 4.83. The third kappa shape index (κ3) is 2.29. The Morgan fingerprint density at radius 1 is 1.33 bits per heavy atom. The van der Waals surface area contributed by atoms with Crippen molar-refractivity contribution in [3.63, 3.8) is 0 Å². The Kier molecular flexibility index (Phi) is 3.23. The number of carbonyl (C=O) groups excluding carboxylic acids is 1. The van der Waals surface area contributed by atoms with Gasteiger partial charge in [0.15, 0.2) is 0 Å². The number of anilines is 1. The molecule has 5 nitrogen and oxygen atoms in total. The SMILES string of the molecule is CC(=O)N(C)c1ccc(-c2cccnc2)oc1=O. The van der Waals surface area contributed by atoms with E-state index in [1.807, 2.05) is 0 Å². The van der Waals surface area contributed by atoms with E-state index in [4.69, 9.17) is 4.42 Å². The lowest BCUT2D eigenvalue weighted by Gasteiger charge is -2.13. The molecule has 0 bridgehead atoms. The van der Waals surface area contributed by atoms with Crippen LogP contribution in [0.1, 0.15) is 6.92 Å². The lowest BCUT2D eigenvalue weighted by Crippen LogP contribution is -2.27. The number of nitrogens with zero attached hydrogens (tertiary/aromatic N) is 2. The van der Waals surface area contributed by atoms with Gasteiger partial charge in [-0.1, -0.05) is 0 Å². The number of rotatable bonds is 2. The van der Waals surface area contributed by atoms with Gasteiger partial charge in [-0.3, -0.25) is 9.78 Å². The average molecular weight is 244 g/mol. The Morgan fingerprint density at radius 2 is 2.11 bits per heavy atom. The first-order valence-corrected chi connectivity index (χ1v) is 5.38. The molecule has 0 aliphatic carbocycles. The highest BCUT2D eigenvalue weighted by atomic mass is 16.4. The van der Waals surface area contributed by atoms with Gasteiger partial charge in [-0.25, -0.2) is 4.79 Å². The molecular weight excluding hydrogens is 232 g/mol. The summed E-state index contributed by atoms with van der Waals surface area (Å²) in [5.74, 6) is 0.199. The van der Waals surface area contributed by atoms with Crippen molar-refractivity contribution in [2.24, 2.45) is 0 Å². The zero-order valence-corrected chi connectivity index (χ0v) is 10.1. The first-order valence-electron chi connectivity index (χ1n) is 5.38. The van der Waals surface area contributed by atoms with Gasteiger partial charge in [0.05, 0.1) is 0 Å². The average Bonchev–Trinajstić information content (AvgIpc) is 2.38. The summed E-state index contributed by atoms with van der Waals surface area (Å²) < 4.78 is 5.18. The van der Waals surface area contributed by atoms with E-state index in [2.05, 4.69) is 4.98 Å². The first-order chi connectivity index (χ1) is 8.59. The molecule has 1 amide bonds. The number of hydrogen-bond donors (Lipinski definition) is 0. The van der Waals surface area contributed by atoms with E-state index < -0.39 is 5.63 Å². The predicted octanol–water partition coefficient (Wildman–Crippen LogP) is 1.68. The number of amides is 1. The van der Waals surface area contributed by atoms with Crippen molar-refractivity contribution >= 4 is 11.6 Å². The summed E-state index contributed by atoms with van der Waals surface area (Å²) in [4.78, 5) is 28.2. The number of aromatic nitrogens is 1. The van der Waals surface area contributed by atoms with Gasteiger partial charge < -0.3 is 9.32 Å². The molecule has 92 valence electrons. The van der Waals surface area contributed by atoms with Gasteiger partial charge >= 0.3 is 5.63 Å². The minimum atomic E-state index is -0.547. The van der Waals surface area contributed by atoms with Crippen LogP contribution in [0.2, 0.25) is 0 Å². The molecule has 0 radical (unpaired) electrons. The van der Waals surface area contributed by atoms with Crippen molar-refractivity contribution in [2.45, 2.75) is 6.92 Å². The molecule has 0 aromatic carbocycles. The molecule has 0 N–H and O–H groups in total. The molecule has 0 unspecified atom stereocenters. The van der Waals surface area contributed by atoms with Gasteiger partial charge in [-0.2, -0.15) is 0 Å². The molecule has 5 heteroatoms. The maximum absolute atomic E-state index is 11.8. The smallest absolute Gasteiger partial charge is 0.360 e. The highest BCUT2D eigenvalue weighted by Gasteiger charge is 2.12. The molecule has 0 aliphatic rings. The largest absolute Gasteiger partial charge is 0.421 e. The Hall–Kier alpha value is -2.43. The predicted molar refractivity (Wildman–Crippen MR) is 67.3 cm³/mol. The Bertz CT molecular complexity index is 620. The fraction of sp³-hybridized carbons (Fsp3) is 0.154. The van der Waals surface area contributed by atoms with Gasteiger partial charge in [0.25, 0.3) is 0 Å². The van der Waals surface area contributed by atoms with E-state index in [0.29, 0.717) is 11.3 Å². The molecule has 18 heavy (non-hydrogen) atoms. The summed E-state index contributed by atoms with van der Waals surface area (Å²) in [6.07, 6.45) is 3.24. The van der Waals surface area contributed by atoms with Crippen molar-refractivity contribution < 1.29 is 9.21 Å². The Morgan fingerprint density at radius 3 is 2.67 bits per heavy atom. The molecule has 2 rings (SSSR count). The third-order valence-corrected chi connectivity index (χ3v) is 2.58. The molecule has 0 atom stereocenters. The normalized spacial score (nSPS) is 10.1. The standard InChI is InChI=1S/C13H12N2O3/c1-9(16)15(2)11-5-6-12(18-13(11)17)10-4-3-7-14-8-10/h3-8H,1-2H3. The molecular formula is C13H12N2O3. The third-order valence-electron chi connectivity index (χ3n) is 2.58. The van der Waals surface area contributed by atoms with Crippen molar-refractivity contribution in [3.8, 4) is 11.3 Å². The van der Waals surface area contributed by atoms with Crippen molar-refractivity contribution in [1.82, 2.24) is 4.98 Å². The molecule has 2 aromatic heterocycles. The highest BCUT2D eigenvalue weighted by Crippen LogP contribution is 2.18. The number of pyridine rings is 1. The zero-order chi connectivity index (χ0) is 13.1. The second-order valence-electron chi connectivity index (χ2n) is 3.79. The number of hydrogen-bond acceptors (Lipinski definition) is 4. The zero-order valence-electron chi connectivity index (χ0n) is 10.1. The van der Waals surface area contributed by atoms with Crippen LogP contribution in [0.25, 0.3) is 11.3 Å². The van der Waals surface area contributed by atoms with Crippen LogP contribution >= 0.6 is 0 Å². The molecule has 0 aliphatic heterocycles. The van der Waals surface area contributed by atoms with E-state index in [1.165, 1.54) is 18.9 Å². The van der Waals surface area contributed by atoms with Crippen molar-refractivity contribution in [2.75, 3.05) is 11.9 Å². The summed E-state index contributed by atoms with van der Waals surface area (Å²) >= 11 is 0. The summed E-state index contributed by atoms with van der Waals surface area (Å²) in [5.41, 5.74) is 0.385. The lowest BCUT2D eigenvalue weighted by atomic mass is 10.2. The maximum Gasteiger partial charge on any atom is 0.360 e. The van der Waals surface area contributed by atoms with E-state index >= 15 is 0 Å². The van der Waals surface area contributed by atoms with Gasteiger partial charge in [0.1, 0.15) is 11.4 Å². The minimum Gasteiger partial charge on any atom is -0.421 e. The van der Waals surface area contributed by atoms with Crippen molar-refractivity contribution in [3.05, 3.63) is 47.1 Å². The number of carbonyl (C=O) groups is 1. The molecule has 0 saturated heterocycles. The molecule has 2 heterocycles. The van der Waals surface area contributed by atoms with Crippen molar-refractivity contribution in [1.29, 1.82) is 0 Å². The summed E-state index contributed by atoms with van der Waals surface area (Å²) in [6, 6.07) is 6.76. The van der Waals surface area contributed by atoms with Gasteiger partial charge in [0.2, 0.25) is 5.91 Å². The Balaban J connectivity index is 2.43. The molecule has 0 saturated carbocycles. The molecule has 0 spiro atoms. The van der Waals surface area contributed by atoms with Crippen LogP contribution in [0.5, 0.6) is 0 Å². The van der Waals surface area contributed by atoms with Gasteiger partial charge in [-0.05, 0) is 24.3 Å². The van der Waals surface area contributed by atoms with E-state index in [1.54, 1.807) is 36.7 Å². The second-order valence-corrected chi connectivity index (χ2v) is 3.79. The van der Waals surface area contributed by atoms with E-state index in [-0.39, 0.29) is 11.6 Å². The van der Waals surface area contributed by atoms with Crippen LogP contribution < -0.4 is 10.5 Å². The summed E-state index contributed by atoms with van der Waals surface area (Å²) in [6.45, 7) is 1.38. The minimum absolute atomic E-state index is 0.218. The summed E-state index contributed by atoms with van der Waals surface area (Å²) in [7, 11) is 1.53. The fourth-order valence-electron chi connectivity index (χ4n) is 1.49. The van der Waals surface area contributed by atoms with Crippen LogP contribution in [0.4, 0.5) is 5.69 Å². The van der Waals surface area contributed by atoms with Crippen LogP contribution in [0, 0.1) is 0 Å². The monoisotopic (exact) mass is 244 g/mol.